The fraction of sp³-hybridized carbons (Fsp3) is 0.111. The van der Waals surface area contributed by atoms with Gasteiger partial charge in [0.1, 0.15) is 0 Å². The van der Waals surface area contributed by atoms with Crippen molar-refractivity contribution in [3.63, 3.8) is 0 Å². The molecule has 0 N–H and O–H groups in total. The van der Waals surface area contributed by atoms with Gasteiger partial charge in [0.05, 0.1) is 5.38 Å². The second-order valence-electron chi connectivity index (χ2n) is 4.86. The van der Waals surface area contributed by atoms with Crippen molar-refractivity contribution in [2.45, 2.75) is 11.8 Å². The van der Waals surface area contributed by atoms with Crippen molar-refractivity contribution >= 4 is 45.0 Å². The van der Waals surface area contributed by atoms with Gasteiger partial charge in [-0.2, -0.15) is 0 Å². The predicted octanol–water partition coefficient (Wildman–Crippen LogP) is 5.97. The molecule has 100 valence electrons. The van der Waals surface area contributed by atoms with Crippen LogP contribution >= 0.6 is 34.2 Å². The normalized spacial score (nSPS) is 12.5. The highest BCUT2D eigenvalue weighted by atomic mass is 127. The number of hydrogen-bond donors (Lipinski definition) is 0. The molecular weight excluding hydrogens is 379 g/mol. The fourth-order valence-corrected chi connectivity index (χ4v) is 3.35. The van der Waals surface area contributed by atoms with Crippen LogP contribution in [0, 0.1) is 3.57 Å². The monoisotopic (exact) mass is 392 g/mol. The quantitative estimate of drug-likeness (QED) is 0.381. The zero-order chi connectivity index (χ0) is 13.9. The number of alkyl halides is 1. The summed E-state index contributed by atoms with van der Waals surface area (Å²) in [6, 6.07) is 23.3. The smallest absolute Gasteiger partial charge is 0.0626 e. The van der Waals surface area contributed by atoms with E-state index < -0.39 is 0 Å². The van der Waals surface area contributed by atoms with Gasteiger partial charge in [-0.1, -0.05) is 54.6 Å². The first-order valence-electron chi connectivity index (χ1n) is 6.60. The van der Waals surface area contributed by atoms with Crippen LogP contribution in [0.4, 0.5) is 0 Å². The summed E-state index contributed by atoms with van der Waals surface area (Å²) >= 11 is 8.94. The number of halogens is 2. The third-order valence-electron chi connectivity index (χ3n) is 3.49. The molecule has 0 spiro atoms. The highest BCUT2D eigenvalue weighted by Gasteiger charge is 2.11. The van der Waals surface area contributed by atoms with Gasteiger partial charge in [-0.05, 0) is 63.0 Å². The van der Waals surface area contributed by atoms with Crippen molar-refractivity contribution in [3.8, 4) is 0 Å². The molecule has 1 unspecified atom stereocenters. The summed E-state index contributed by atoms with van der Waals surface area (Å²) in [6.07, 6.45) is 0.850. The predicted molar refractivity (Wildman–Crippen MR) is 95.4 cm³/mol. The van der Waals surface area contributed by atoms with Gasteiger partial charge in [-0.3, -0.25) is 0 Å². The number of hydrogen-bond acceptors (Lipinski definition) is 0. The molecule has 0 fully saturated rings. The molecule has 0 radical (unpaired) electrons. The lowest BCUT2D eigenvalue weighted by Gasteiger charge is -2.12. The van der Waals surface area contributed by atoms with E-state index in [1.54, 1.807) is 0 Å². The molecule has 2 heteroatoms. The maximum Gasteiger partial charge on any atom is 0.0626 e. The van der Waals surface area contributed by atoms with Crippen molar-refractivity contribution in [3.05, 3.63) is 81.4 Å². The summed E-state index contributed by atoms with van der Waals surface area (Å²) < 4.78 is 1.23. The van der Waals surface area contributed by atoms with E-state index in [9.17, 15) is 0 Å². The van der Waals surface area contributed by atoms with Gasteiger partial charge in [0.25, 0.3) is 0 Å². The number of fused-ring (bicyclic) bond motifs is 1. The van der Waals surface area contributed by atoms with Crippen molar-refractivity contribution < 1.29 is 0 Å². The van der Waals surface area contributed by atoms with Crippen LogP contribution in [0.3, 0.4) is 0 Å². The molecule has 0 heterocycles. The molecule has 1 atom stereocenters. The lowest BCUT2D eigenvalue weighted by Crippen LogP contribution is -1.97. The Hall–Kier alpha value is -1.06. The lowest BCUT2D eigenvalue weighted by molar-refractivity contribution is 0.926. The maximum atomic E-state index is 6.61. The zero-order valence-corrected chi connectivity index (χ0v) is 13.8. The summed E-state index contributed by atoms with van der Waals surface area (Å²) in [7, 11) is 0. The molecular formula is C18H14ClI. The van der Waals surface area contributed by atoms with Gasteiger partial charge < -0.3 is 0 Å². The van der Waals surface area contributed by atoms with E-state index in [-0.39, 0.29) is 5.38 Å². The molecule has 20 heavy (non-hydrogen) atoms. The molecule has 0 bridgehead atoms. The van der Waals surface area contributed by atoms with Crippen LogP contribution in [0.1, 0.15) is 16.5 Å². The molecule has 3 aromatic carbocycles. The van der Waals surface area contributed by atoms with Gasteiger partial charge in [-0.15, -0.1) is 11.6 Å². The van der Waals surface area contributed by atoms with Crippen LogP contribution in [0.5, 0.6) is 0 Å². The number of benzene rings is 3. The molecule has 0 amide bonds. The Labute approximate surface area is 137 Å². The highest BCUT2D eigenvalue weighted by molar-refractivity contribution is 14.1. The summed E-state index contributed by atoms with van der Waals surface area (Å²) in [6.45, 7) is 0. The van der Waals surface area contributed by atoms with E-state index in [0.717, 1.165) is 6.42 Å². The number of rotatable bonds is 3. The minimum absolute atomic E-state index is 0.00974. The minimum atomic E-state index is 0.00974. The van der Waals surface area contributed by atoms with Gasteiger partial charge in [0.15, 0.2) is 0 Å². The van der Waals surface area contributed by atoms with E-state index in [4.69, 9.17) is 11.6 Å². The van der Waals surface area contributed by atoms with Gasteiger partial charge in [-0.25, -0.2) is 0 Å². The lowest BCUT2D eigenvalue weighted by atomic mass is 9.98. The Bertz CT molecular complexity index is 731. The van der Waals surface area contributed by atoms with Crippen molar-refractivity contribution in [2.75, 3.05) is 0 Å². The van der Waals surface area contributed by atoms with E-state index in [1.807, 2.05) is 0 Å². The Balaban J connectivity index is 1.93. The average molecular weight is 393 g/mol. The zero-order valence-electron chi connectivity index (χ0n) is 10.9. The van der Waals surface area contributed by atoms with E-state index in [2.05, 4.69) is 89.3 Å². The van der Waals surface area contributed by atoms with Crippen molar-refractivity contribution in [1.82, 2.24) is 0 Å². The Morgan fingerprint density at radius 3 is 2.50 bits per heavy atom. The van der Waals surface area contributed by atoms with Crippen LogP contribution in [0.25, 0.3) is 10.8 Å². The van der Waals surface area contributed by atoms with Crippen molar-refractivity contribution in [1.29, 1.82) is 0 Å². The Morgan fingerprint density at radius 1 is 0.900 bits per heavy atom. The minimum Gasteiger partial charge on any atom is -0.117 e. The SMILES string of the molecule is ClC(Cc1cccc2ccccc12)c1cccc(I)c1. The van der Waals surface area contributed by atoms with Crippen molar-refractivity contribution in [2.24, 2.45) is 0 Å². The third kappa shape index (κ3) is 2.99. The topological polar surface area (TPSA) is 0 Å². The first-order chi connectivity index (χ1) is 9.74. The summed E-state index contributed by atoms with van der Waals surface area (Å²) in [4.78, 5) is 0. The highest BCUT2D eigenvalue weighted by Crippen LogP contribution is 2.29. The molecule has 3 aromatic rings. The largest absolute Gasteiger partial charge is 0.117 e. The van der Waals surface area contributed by atoms with E-state index in [1.165, 1.54) is 25.5 Å². The van der Waals surface area contributed by atoms with Crippen LogP contribution in [-0.2, 0) is 6.42 Å². The van der Waals surface area contributed by atoms with Gasteiger partial charge in [0, 0.05) is 3.57 Å². The van der Waals surface area contributed by atoms with Gasteiger partial charge >= 0.3 is 0 Å². The van der Waals surface area contributed by atoms with Crippen LogP contribution in [0.15, 0.2) is 66.7 Å². The summed E-state index contributed by atoms with van der Waals surface area (Å²) in [5.41, 5.74) is 2.49. The summed E-state index contributed by atoms with van der Waals surface area (Å²) in [5.74, 6) is 0. The molecule has 0 aliphatic rings. The molecule has 0 aliphatic carbocycles. The second kappa shape index (κ2) is 6.15. The Kier molecular flexibility index (Phi) is 4.27. The van der Waals surface area contributed by atoms with E-state index >= 15 is 0 Å². The standard InChI is InChI=1S/C18H14ClI/c19-18(15-8-4-9-16(20)11-15)12-14-7-3-6-13-5-1-2-10-17(13)14/h1-11,18H,12H2. The van der Waals surface area contributed by atoms with Crippen LogP contribution in [0.2, 0.25) is 0 Å². The molecule has 3 rings (SSSR count). The first-order valence-corrected chi connectivity index (χ1v) is 8.12. The van der Waals surface area contributed by atoms with Crippen LogP contribution < -0.4 is 0 Å². The summed E-state index contributed by atoms with van der Waals surface area (Å²) in [5, 5.41) is 2.58. The van der Waals surface area contributed by atoms with Gasteiger partial charge in [0.2, 0.25) is 0 Å². The average Bonchev–Trinajstić information content (AvgIpc) is 2.47. The fourth-order valence-electron chi connectivity index (χ4n) is 2.48. The molecule has 0 aromatic heterocycles. The molecule has 0 aliphatic heterocycles. The molecule has 0 nitrogen and oxygen atoms in total. The Morgan fingerprint density at radius 2 is 1.65 bits per heavy atom. The van der Waals surface area contributed by atoms with E-state index in [0.29, 0.717) is 0 Å². The first kappa shape index (κ1) is 13.9. The van der Waals surface area contributed by atoms with Crippen LogP contribution in [-0.4, -0.2) is 0 Å². The maximum absolute atomic E-state index is 6.61. The molecule has 0 saturated carbocycles. The second-order valence-corrected chi connectivity index (χ2v) is 6.64. The molecule has 0 saturated heterocycles. The third-order valence-corrected chi connectivity index (χ3v) is 4.57.